The predicted molar refractivity (Wildman–Crippen MR) is 80.1 cm³/mol. The second kappa shape index (κ2) is 7.09. The van der Waals surface area contributed by atoms with Crippen LogP contribution in [0.15, 0.2) is 29.2 Å². The molecule has 0 bridgehead atoms. The molecule has 112 valence electrons. The van der Waals surface area contributed by atoms with Gasteiger partial charge in [0, 0.05) is 16.6 Å². The van der Waals surface area contributed by atoms with Gasteiger partial charge >= 0.3 is 0 Å². The Bertz CT molecular complexity index is 550. The van der Waals surface area contributed by atoms with E-state index in [1.165, 1.54) is 12.1 Å². The number of rotatable bonds is 6. The molecule has 0 spiro atoms. The van der Waals surface area contributed by atoms with Gasteiger partial charge in [0.2, 0.25) is 5.91 Å². The van der Waals surface area contributed by atoms with Crippen molar-refractivity contribution in [1.29, 1.82) is 0 Å². The van der Waals surface area contributed by atoms with Crippen LogP contribution >= 0.6 is 10.7 Å². The van der Waals surface area contributed by atoms with Gasteiger partial charge in [-0.25, -0.2) is 8.42 Å². The molecular formula is C14H20ClNO3S. The van der Waals surface area contributed by atoms with Gasteiger partial charge in [0.1, 0.15) is 0 Å². The average molecular weight is 318 g/mol. The lowest BCUT2D eigenvalue weighted by Crippen LogP contribution is -2.32. The minimum atomic E-state index is -3.70. The molecule has 1 N–H and O–H groups in total. The van der Waals surface area contributed by atoms with E-state index in [4.69, 9.17) is 10.7 Å². The molecule has 0 saturated carbocycles. The molecular weight excluding hydrogens is 298 g/mol. The molecule has 1 amide bonds. The highest BCUT2D eigenvalue weighted by atomic mass is 35.7. The van der Waals surface area contributed by atoms with Gasteiger partial charge in [-0.3, -0.25) is 4.79 Å². The Labute approximate surface area is 124 Å². The minimum Gasteiger partial charge on any atom is -0.349 e. The molecule has 0 aliphatic heterocycles. The molecule has 0 aliphatic carbocycles. The lowest BCUT2D eigenvalue weighted by atomic mass is 10.0. The number of halogens is 1. The number of carbonyl (C=O) groups is 1. The molecule has 0 aliphatic rings. The van der Waals surface area contributed by atoms with E-state index in [0.717, 1.165) is 18.4 Å². The van der Waals surface area contributed by atoms with Gasteiger partial charge in [0.25, 0.3) is 9.05 Å². The van der Waals surface area contributed by atoms with Gasteiger partial charge in [0.15, 0.2) is 0 Å². The summed E-state index contributed by atoms with van der Waals surface area (Å²) in [5.41, 5.74) is 0.841. The van der Waals surface area contributed by atoms with E-state index in [0.29, 0.717) is 0 Å². The van der Waals surface area contributed by atoms with Crippen LogP contribution in [0.25, 0.3) is 0 Å². The highest BCUT2D eigenvalue weighted by Crippen LogP contribution is 2.19. The van der Waals surface area contributed by atoms with Gasteiger partial charge < -0.3 is 5.32 Å². The van der Waals surface area contributed by atoms with Crippen LogP contribution in [0.3, 0.4) is 0 Å². The fraction of sp³-hybridized carbons (Fsp3) is 0.500. The van der Waals surface area contributed by atoms with E-state index in [-0.39, 0.29) is 22.8 Å². The summed E-state index contributed by atoms with van der Waals surface area (Å²) in [6.07, 6.45) is 1.61. The van der Waals surface area contributed by atoms with Crippen molar-refractivity contribution in [3.8, 4) is 0 Å². The number of hydrogen-bond donors (Lipinski definition) is 1. The highest BCUT2D eigenvalue weighted by Gasteiger charge is 2.17. The molecule has 1 aromatic carbocycles. The van der Waals surface area contributed by atoms with Crippen molar-refractivity contribution < 1.29 is 13.2 Å². The van der Waals surface area contributed by atoms with Crippen LogP contribution in [0.1, 0.15) is 45.2 Å². The van der Waals surface area contributed by atoms with Crippen molar-refractivity contribution in [3.05, 3.63) is 29.8 Å². The first-order chi connectivity index (χ1) is 9.29. The van der Waals surface area contributed by atoms with E-state index in [9.17, 15) is 13.2 Å². The van der Waals surface area contributed by atoms with Crippen LogP contribution in [-0.2, 0) is 13.8 Å². The molecule has 20 heavy (non-hydrogen) atoms. The summed E-state index contributed by atoms with van der Waals surface area (Å²) in [6, 6.07) is 6.03. The van der Waals surface area contributed by atoms with Crippen LogP contribution in [0.2, 0.25) is 0 Å². The van der Waals surface area contributed by atoms with Crippen molar-refractivity contribution in [1.82, 2.24) is 5.32 Å². The zero-order valence-corrected chi connectivity index (χ0v) is 13.5. The Kier molecular flexibility index (Phi) is 6.02. The Morgan fingerprint density at radius 2 is 1.70 bits per heavy atom. The molecule has 0 radical (unpaired) electrons. The third-order valence-corrected chi connectivity index (χ3v) is 4.75. The molecule has 1 unspecified atom stereocenters. The third-order valence-electron chi connectivity index (χ3n) is 3.38. The van der Waals surface area contributed by atoms with Crippen molar-refractivity contribution in [3.63, 3.8) is 0 Å². The number of carbonyl (C=O) groups excluding carboxylic acids is 1. The maximum absolute atomic E-state index is 12.0. The summed E-state index contributed by atoms with van der Waals surface area (Å²) < 4.78 is 22.3. The zero-order chi connectivity index (χ0) is 15.3. The maximum Gasteiger partial charge on any atom is 0.261 e. The average Bonchev–Trinajstić information content (AvgIpc) is 2.39. The standard InChI is InChI=1S/C14H20ClNO3S/c1-4-11(5-2)14(17)16-10(3)12-6-8-13(9-7-12)20(15,18)19/h6-11H,4-5H2,1-3H3,(H,16,17). The summed E-state index contributed by atoms with van der Waals surface area (Å²) >= 11 is 0. The molecule has 0 heterocycles. The van der Waals surface area contributed by atoms with Crippen LogP contribution in [-0.4, -0.2) is 14.3 Å². The lowest BCUT2D eigenvalue weighted by molar-refractivity contribution is -0.125. The molecule has 1 atom stereocenters. The quantitative estimate of drug-likeness (QED) is 0.819. The Morgan fingerprint density at radius 1 is 1.20 bits per heavy atom. The first-order valence-electron chi connectivity index (χ1n) is 6.64. The van der Waals surface area contributed by atoms with Crippen LogP contribution in [0, 0.1) is 5.92 Å². The first kappa shape index (κ1) is 17.0. The second-order valence-electron chi connectivity index (χ2n) is 4.75. The number of benzene rings is 1. The third kappa shape index (κ3) is 4.49. The number of hydrogen-bond acceptors (Lipinski definition) is 3. The zero-order valence-electron chi connectivity index (χ0n) is 11.9. The summed E-state index contributed by atoms with van der Waals surface area (Å²) in [5, 5.41) is 2.93. The van der Waals surface area contributed by atoms with Crippen molar-refractivity contribution in [2.24, 2.45) is 5.92 Å². The van der Waals surface area contributed by atoms with Crippen LogP contribution < -0.4 is 5.32 Å². The maximum atomic E-state index is 12.0. The lowest BCUT2D eigenvalue weighted by Gasteiger charge is -2.18. The van der Waals surface area contributed by atoms with E-state index in [2.05, 4.69) is 5.32 Å². The van der Waals surface area contributed by atoms with Crippen LogP contribution in [0.5, 0.6) is 0 Å². The van der Waals surface area contributed by atoms with E-state index >= 15 is 0 Å². The predicted octanol–water partition coefficient (Wildman–Crippen LogP) is 3.23. The number of amides is 1. The first-order valence-corrected chi connectivity index (χ1v) is 8.95. The molecule has 0 fully saturated rings. The van der Waals surface area contributed by atoms with Gasteiger partial charge in [-0.1, -0.05) is 26.0 Å². The fourth-order valence-electron chi connectivity index (χ4n) is 1.99. The summed E-state index contributed by atoms with van der Waals surface area (Å²) in [7, 11) is 1.55. The summed E-state index contributed by atoms with van der Waals surface area (Å²) in [5.74, 6) is 0.0384. The smallest absolute Gasteiger partial charge is 0.261 e. The molecule has 1 rings (SSSR count). The summed E-state index contributed by atoms with van der Waals surface area (Å²) in [4.78, 5) is 12.0. The largest absolute Gasteiger partial charge is 0.349 e. The topological polar surface area (TPSA) is 63.2 Å². The van der Waals surface area contributed by atoms with Crippen molar-refractivity contribution in [2.75, 3.05) is 0 Å². The van der Waals surface area contributed by atoms with Crippen molar-refractivity contribution >= 4 is 25.6 Å². The highest BCUT2D eigenvalue weighted by molar-refractivity contribution is 8.13. The molecule has 0 aromatic heterocycles. The van der Waals surface area contributed by atoms with Gasteiger partial charge in [-0.2, -0.15) is 0 Å². The Hall–Kier alpha value is -1.07. The monoisotopic (exact) mass is 317 g/mol. The number of nitrogens with one attached hydrogen (secondary N) is 1. The molecule has 1 aromatic rings. The van der Waals surface area contributed by atoms with E-state index in [1.54, 1.807) is 12.1 Å². The fourth-order valence-corrected chi connectivity index (χ4v) is 2.76. The van der Waals surface area contributed by atoms with Gasteiger partial charge in [-0.05, 0) is 37.5 Å². The Balaban J connectivity index is 2.78. The second-order valence-corrected chi connectivity index (χ2v) is 7.32. The van der Waals surface area contributed by atoms with Gasteiger partial charge in [0.05, 0.1) is 10.9 Å². The molecule has 0 saturated heterocycles. The minimum absolute atomic E-state index is 0.0138. The van der Waals surface area contributed by atoms with E-state index in [1.807, 2.05) is 20.8 Å². The van der Waals surface area contributed by atoms with Crippen LogP contribution in [0.4, 0.5) is 0 Å². The van der Waals surface area contributed by atoms with Crippen molar-refractivity contribution in [2.45, 2.75) is 44.6 Å². The summed E-state index contributed by atoms with van der Waals surface area (Å²) in [6.45, 7) is 5.83. The van der Waals surface area contributed by atoms with E-state index < -0.39 is 9.05 Å². The Morgan fingerprint density at radius 3 is 2.10 bits per heavy atom. The van der Waals surface area contributed by atoms with Gasteiger partial charge in [-0.15, -0.1) is 0 Å². The normalized spacial score (nSPS) is 13.2. The molecule has 4 nitrogen and oxygen atoms in total. The molecule has 6 heteroatoms. The SMILES string of the molecule is CCC(CC)C(=O)NC(C)c1ccc(S(=O)(=O)Cl)cc1.